The highest BCUT2D eigenvalue weighted by molar-refractivity contribution is 8.01. The summed E-state index contributed by atoms with van der Waals surface area (Å²) in [5.41, 5.74) is 11.5. The van der Waals surface area contributed by atoms with Gasteiger partial charge in [-0.3, -0.25) is 14.5 Å². The van der Waals surface area contributed by atoms with Gasteiger partial charge < -0.3 is 31.5 Å². The van der Waals surface area contributed by atoms with Gasteiger partial charge in [-0.1, -0.05) is 51.2 Å². The lowest BCUT2D eigenvalue weighted by atomic mass is 10.1. The second-order valence-corrected chi connectivity index (χ2v) is 11.6. The van der Waals surface area contributed by atoms with E-state index >= 15 is 0 Å². The van der Waals surface area contributed by atoms with Gasteiger partial charge in [0, 0.05) is 17.1 Å². The third-order valence-corrected chi connectivity index (χ3v) is 8.87. The van der Waals surface area contributed by atoms with Gasteiger partial charge in [0.25, 0.3) is 11.8 Å². The molecule has 35 heavy (non-hydrogen) atoms. The molecule has 14 nitrogen and oxygen atoms in total. The molecule has 2 aromatic rings. The number of fused-ring (bicyclic) bond motifs is 1. The zero-order valence-corrected chi connectivity index (χ0v) is 21.5. The first kappa shape index (κ1) is 25.3. The number of hydrogen-bond acceptors (Lipinski definition) is 15. The minimum atomic E-state index is -1.57. The number of thioether (sulfide) groups is 2. The number of rotatable bonds is 8. The summed E-state index contributed by atoms with van der Waals surface area (Å²) in [5, 5.41) is 22.9. The van der Waals surface area contributed by atoms with E-state index in [1.165, 1.54) is 46.9 Å². The lowest BCUT2D eigenvalue weighted by molar-refractivity contribution is -0.148. The minimum Gasteiger partial charge on any atom is -0.449 e. The number of carbonyl (C=O) groups excluding carboxylic acids is 2. The second-order valence-electron chi connectivity index (χ2n) is 6.63. The van der Waals surface area contributed by atoms with Gasteiger partial charge in [0.05, 0.1) is 0 Å². The van der Waals surface area contributed by atoms with E-state index < -0.39 is 29.4 Å². The number of halogens is 1. The van der Waals surface area contributed by atoms with E-state index in [4.69, 9.17) is 32.6 Å². The van der Waals surface area contributed by atoms with Gasteiger partial charge in [-0.05, 0) is 0 Å². The quantitative estimate of drug-likeness (QED) is 0.114. The van der Waals surface area contributed by atoms with Crippen molar-refractivity contribution in [3.63, 3.8) is 0 Å². The Kier molecular flexibility index (Phi) is 7.55. The van der Waals surface area contributed by atoms with Crippen LogP contribution in [0.5, 0.6) is 0 Å². The third-order valence-electron chi connectivity index (χ3n) is 4.48. The number of β-lactam (4-membered cyclic amide) rings is 1. The van der Waals surface area contributed by atoms with E-state index in [-0.39, 0.29) is 26.8 Å². The number of nitrogen functional groups attached to an aromatic ring is 2. The van der Waals surface area contributed by atoms with Gasteiger partial charge in [0.1, 0.15) is 28.6 Å². The number of amides is 2. The molecule has 4 heterocycles. The van der Waals surface area contributed by atoms with Crippen molar-refractivity contribution >= 4 is 91.7 Å². The molecule has 2 atom stereocenters. The normalized spacial score (nSPS) is 19.8. The number of thiazole rings is 1. The Balaban J connectivity index is 1.51. The summed E-state index contributed by atoms with van der Waals surface area (Å²) in [7, 11) is 1.24. The number of ether oxygens (including phenoxy) is 1. The molecule has 2 aliphatic rings. The summed E-state index contributed by atoms with van der Waals surface area (Å²) in [6.45, 7) is 0. The molecular weight excluding hydrogens is 564 g/mol. The molecule has 1 unspecified atom stereocenters. The van der Waals surface area contributed by atoms with Crippen molar-refractivity contribution in [3.05, 3.63) is 21.5 Å². The molecule has 19 heteroatoms. The van der Waals surface area contributed by atoms with Crippen molar-refractivity contribution in [1.29, 1.82) is 0 Å². The van der Waals surface area contributed by atoms with Gasteiger partial charge in [-0.15, -0.1) is 22.0 Å². The maximum Gasteiger partial charge on any atom is 0.512 e. The molecule has 0 bridgehead atoms. The Morgan fingerprint density at radius 3 is 2.71 bits per heavy atom. The molecule has 1 fully saturated rings. The van der Waals surface area contributed by atoms with Crippen LogP contribution in [-0.4, -0.2) is 78.9 Å². The van der Waals surface area contributed by atoms with Crippen LogP contribution in [0.25, 0.3) is 0 Å². The Bertz CT molecular complexity index is 1250. The van der Waals surface area contributed by atoms with E-state index in [0.717, 1.165) is 11.3 Å². The Labute approximate surface area is 218 Å². The Morgan fingerprint density at radius 1 is 1.34 bits per heavy atom. The molecule has 0 aromatic carbocycles. The van der Waals surface area contributed by atoms with Crippen LogP contribution >= 0.6 is 57.8 Å². The van der Waals surface area contributed by atoms with E-state index in [0.29, 0.717) is 26.6 Å². The smallest absolute Gasteiger partial charge is 0.449 e. The predicted octanol–water partition coefficient (Wildman–Crippen LogP) is 1.26. The molecule has 0 radical (unpaired) electrons. The van der Waals surface area contributed by atoms with Gasteiger partial charge in [0.15, 0.2) is 15.2 Å². The van der Waals surface area contributed by atoms with Crippen LogP contribution in [0.1, 0.15) is 5.69 Å². The highest BCUT2D eigenvalue weighted by Crippen LogP contribution is 2.42. The monoisotopic (exact) mass is 578 g/mol. The van der Waals surface area contributed by atoms with Crippen molar-refractivity contribution in [2.24, 2.45) is 5.16 Å². The van der Waals surface area contributed by atoms with Crippen LogP contribution in [-0.2, 0) is 19.2 Å². The highest BCUT2D eigenvalue weighted by Gasteiger charge is 2.54. The van der Waals surface area contributed by atoms with Crippen molar-refractivity contribution in [2.75, 3.05) is 30.1 Å². The molecule has 6 N–H and O–H groups in total. The van der Waals surface area contributed by atoms with Gasteiger partial charge in [-0.25, -0.2) is 9.78 Å². The standard InChI is InChI=1S/C16H15ClN8O6S4/c1-30-24-6(5-8(17)34-13(18)21-5)9(26)20-7-10(27)25-11(31-16(28)29)4(2-32-12(7)25)3-33-15-23-22-14(19)35-15/h7,12H,2-3H2,1H3,(H2,18,21)(H2,19,22)(H,20,26)(H,28,29)/t7?,12-/m0/s1. The molecule has 4 rings (SSSR count). The number of hydrogen-bond donors (Lipinski definition) is 4. The Hall–Kier alpha value is -2.80. The summed E-state index contributed by atoms with van der Waals surface area (Å²) in [6.07, 6.45) is -1.57. The first-order valence-corrected chi connectivity index (χ1v) is 13.4. The summed E-state index contributed by atoms with van der Waals surface area (Å²) < 4.78 is 5.66. The topological polar surface area (TPSA) is 208 Å². The molecule has 0 spiro atoms. The predicted molar refractivity (Wildman–Crippen MR) is 131 cm³/mol. The van der Waals surface area contributed by atoms with Gasteiger partial charge >= 0.3 is 6.16 Å². The number of nitrogens with zero attached hydrogens (tertiary/aromatic N) is 5. The average Bonchev–Trinajstić information content (AvgIpc) is 3.37. The molecule has 2 aliphatic heterocycles. The summed E-state index contributed by atoms with van der Waals surface area (Å²) in [5.74, 6) is -0.778. The average molecular weight is 579 g/mol. The van der Waals surface area contributed by atoms with E-state index in [2.05, 4.69) is 25.7 Å². The van der Waals surface area contributed by atoms with Crippen LogP contribution in [0.2, 0.25) is 4.34 Å². The molecule has 186 valence electrons. The first-order chi connectivity index (χ1) is 16.7. The number of anilines is 2. The molecule has 0 aliphatic carbocycles. The first-order valence-electron chi connectivity index (χ1n) is 9.33. The fraction of sp³-hybridized carbons (Fsp3) is 0.312. The van der Waals surface area contributed by atoms with Crippen molar-refractivity contribution < 1.29 is 29.1 Å². The van der Waals surface area contributed by atoms with Crippen LogP contribution < -0.4 is 16.8 Å². The van der Waals surface area contributed by atoms with Crippen LogP contribution in [0, 0.1) is 0 Å². The van der Waals surface area contributed by atoms with Crippen molar-refractivity contribution in [3.8, 4) is 0 Å². The Morgan fingerprint density at radius 2 is 2.11 bits per heavy atom. The molecule has 1 saturated heterocycles. The fourth-order valence-corrected chi connectivity index (χ4v) is 7.11. The van der Waals surface area contributed by atoms with Crippen LogP contribution in [0.4, 0.5) is 15.1 Å². The number of oxime groups is 1. The number of carboxylic acid groups (broad SMARTS) is 1. The maximum absolute atomic E-state index is 13.0. The summed E-state index contributed by atoms with van der Waals surface area (Å²) in [4.78, 5) is 47.1. The zero-order valence-electron chi connectivity index (χ0n) is 17.5. The van der Waals surface area contributed by atoms with Crippen LogP contribution in [0.3, 0.4) is 0 Å². The third kappa shape index (κ3) is 5.25. The van der Waals surface area contributed by atoms with Crippen LogP contribution in [0.15, 0.2) is 21.0 Å². The molecular formula is C16H15ClN8O6S4. The van der Waals surface area contributed by atoms with Crippen molar-refractivity contribution in [2.45, 2.75) is 15.8 Å². The minimum absolute atomic E-state index is 0.0138. The maximum atomic E-state index is 13.0. The molecule has 0 saturated carbocycles. The highest BCUT2D eigenvalue weighted by atomic mass is 35.5. The second kappa shape index (κ2) is 10.4. The number of carbonyl (C=O) groups is 3. The largest absolute Gasteiger partial charge is 0.512 e. The lowest BCUT2D eigenvalue weighted by Gasteiger charge is -2.49. The molecule has 2 amide bonds. The van der Waals surface area contributed by atoms with Gasteiger partial charge in [0.2, 0.25) is 11.0 Å². The number of nitrogens with one attached hydrogen (secondary N) is 1. The van der Waals surface area contributed by atoms with E-state index in [1.54, 1.807) is 0 Å². The molecule has 2 aromatic heterocycles. The van der Waals surface area contributed by atoms with E-state index in [1.807, 2.05) is 0 Å². The van der Waals surface area contributed by atoms with Crippen molar-refractivity contribution in [1.82, 2.24) is 25.4 Å². The van der Waals surface area contributed by atoms with Gasteiger partial charge in [-0.2, -0.15) is 0 Å². The summed E-state index contributed by atoms with van der Waals surface area (Å²) in [6, 6.07) is -0.978. The van der Waals surface area contributed by atoms with E-state index in [9.17, 15) is 19.5 Å². The summed E-state index contributed by atoms with van der Waals surface area (Å²) >= 11 is 10.8. The lowest BCUT2D eigenvalue weighted by Crippen LogP contribution is -2.70. The number of nitrogens with two attached hydrogens (primary N) is 2. The number of aromatic nitrogens is 3. The zero-order chi connectivity index (χ0) is 25.3. The fourth-order valence-electron chi connectivity index (χ4n) is 3.09. The SMILES string of the molecule is CON=C(C(=O)NC1C(=O)N2C(OC(=O)O)=C(CSc3nnc(N)s3)CS[C@@H]12)c1nc(N)sc1Cl.